The van der Waals surface area contributed by atoms with Gasteiger partial charge in [-0.15, -0.1) is 21.9 Å². The molecule has 2 N–H and O–H groups in total. The monoisotopic (exact) mass is 2040 g/mol. The SMILES string of the molecule is CCCC[NH2+]C.Fc1c(F)c(F)c(-c2c(C(F)(F)F)c(F)c(F)c(F)c2C(F)(F)C(F)(F)F)c(F)c1F.Fc1c(F)c2c(F)c(F)c3c(F)c(F)c([B-](c4c(F)c(F)c5c(F)c(F)c6c(F)c(F)c(F)c7c(F)c(F)c4c5c67)(c4c(F)c(F)c5c(F)c(F)c6c(F)c(F)c(F)c7c(F)c(F)c4c5c67)c4c(F)c(F)c5c(F)c(F)c6c(F)c(F)c(F)c7c(F)c(F)c4c5c67)c4c(F)c(F)c(c1F)c2c34. The highest BCUT2D eigenvalue weighted by Crippen LogP contribution is 2.58. The largest absolute Gasteiger partial charge is 0.458 e. The Morgan fingerprint density at radius 3 is 0.500 bits per heavy atom. The van der Waals surface area contributed by atoms with E-state index < -0.39 is 454 Å². The third-order valence-electron chi connectivity index (χ3n) is 23.3. The number of alkyl halides is 8. The minimum Gasteiger partial charge on any atom is -0.349 e. The van der Waals surface area contributed by atoms with Gasteiger partial charge in [0.15, 0.2) is 227 Å². The molecule has 1 nitrogen and oxygen atoms in total. The molecule has 0 aliphatic carbocycles. The fourth-order valence-electron chi connectivity index (χ4n) is 17.9. The number of hydrogen-bond donors (Lipinski definition) is 1. The molecule has 18 rings (SSSR count). The molecule has 0 aromatic heterocycles. The van der Waals surface area contributed by atoms with Crippen LogP contribution in [0, 0.1) is 256 Å². The van der Waals surface area contributed by atoms with Gasteiger partial charge in [-0.2, -0.15) is 35.1 Å². The lowest BCUT2D eigenvalue weighted by Gasteiger charge is -2.48. The Morgan fingerprint density at radius 1 is 0.174 bits per heavy atom. The highest BCUT2D eigenvalue weighted by molar-refractivity contribution is 7.23. The number of quaternary nitrogens is 1. The van der Waals surface area contributed by atoms with E-state index in [2.05, 4.69) is 19.3 Å². The van der Waals surface area contributed by atoms with Gasteiger partial charge >= 0.3 is 18.3 Å². The number of unbranched alkanes of at least 4 members (excludes halogenated alkanes) is 1. The Kier molecular flexibility index (Phi) is 22.3. The summed E-state index contributed by atoms with van der Waals surface area (Å²) in [4.78, 5) is 0. The molecule has 54 heteroatoms. The Morgan fingerprint density at radius 2 is 0.326 bits per heavy atom. The number of benzene rings is 18. The van der Waals surface area contributed by atoms with Crippen molar-refractivity contribution in [1.29, 1.82) is 0 Å². The number of hydrogen-bond acceptors (Lipinski definition) is 0. The van der Waals surface area contributed by atoms with Gasteiger partial charge in [0.2, 0.25) is 5.82 Å². The lowest BCUT2D eigenvalue weighted by atomic mass is 9.11. The summed E-state index contributed by atoms with van der Waals surface area (Å²) >= 11 is 0. The van der Waals surface area contributed by atoms with Crippen molar-refractivity contribution in [2.24, 2.45) is 0 Å². The van der Waals surface area contributed by atoms with Gasteiger partial charge in [-0.1, -0.05) is 13.3 Å². The molecule has 0 unspecified atom stereocenters. The summed E-state index contributed by atoms with van der Waals surface area (Å²) in [7, 11) is 2.11. The molecule has 138 heavy (non-hydrogen) atoms. The van der Waals surface area contributed by atoms with Gasteiger partial charge in [0.05, 0.1) is 89.4 Å². The number of rotatable bonds is 9. The first-order valence-electron chi connectivity index (χ1n) is 36.7. The summed E-state index contributed by atoms with van der Waals surface area (Å²) in [5.74, 6) is -163. The first-order valence-corrected chi connectivity index (χ1v) is 36.7. The number of nitrogens with two attached hydrogens (primary N) is 1. The van der Waals surface area contributed by atoms with Crippen LogP contribution < -0.4 is 27.2 Å². The van der Waals surface area contributed by atoms with Gasteiger partial charge in [0, 0.05) is 48.7 Å². The minimum atomic E-state index is -8.50. The maximum Gasteiger partial charge on any atom is 0.458 e. The topological polar surface area (TPSA) is 16.6 Å². The molecule has 0 radical (unpaired) electrons. The van der Waals surface area contributed by atoms with Crippen LogP contribution in [0.1, 0.15) is 30.9 Å². The fraction of sp³-hybridized carbons (Fsp3) is 0.0952. The van der Waals surface area contributed by atoms with E-state index in [1.54, 1.807) is 0 Å². The van der Waals surface area contributed by atoms with E-state index in [1.807, 2.05) is 0 Å². The van der Waals surface area contributed by atoms with Crippen molar-refractivity contribution in [3.63, 3.8) is 0 Å². The normalized spacial score (nSPS) is 12.8. The maximum absolute atomic E-state index is 19.3. The minimum absolute atomic E-state index is 1.29. The third-order valence-corrected chi connectivity index (χ3v) is 23.3. The van der Waals surface area contributed by atoms with Crippen molar-refractivity contribution < 1.29 is 234 Å². The highest BCUT2D eigenvalue weighted by atomic mass is 19.4. The molecule has 18 aromatic carbocycles. The zero-order valence-corrected chi connectivity index (χ0v) is 64.4. The predicted octanol–water partition coefficient (Wildman–Crippen LogP) is 26.8. The highest BCUT2D eigenvalue weighted by Gasteiger charge is 2.64. The molecule has 0 saturated heterocycles. The van der Waals surface area contributed by atoms with Crippen LogP contribution in [0.2, 0.25) is 0 Å². The Bertz CT molecular complexity index is 7690. The summed E-state index contributed by atoms with van der Waals surface area (Å²) < 4.78 is 834. The van der Waals surface area contributed by atoms with Gasteiger partial charge in [0.1, 0.15) is 35.0 Å². The zero-order valence-electron chi connectivity index (χ0n) is 64.4. The Labute approximate surface area is 719 Å². The zero-order chi connectivity index (χ0) is 103. The molecule has 0 aliphatic heterocycles. The van der Waals surface area contributed by atoms with Crippen LogP contribution in [0.5, 0.6) is 0 Å². The molecular formula is C84H14BF52N. The lowest BCUT2D eigenvalue weighted by molar-refractivity contribution is -0.627. The van der Waals surface area contributed by atoms with Gasteiger partial charge in [-0.25, -0.2) is 193 Å². The molecular weight excluding hydrogens is 2020 g/mol. The second kappa shape index (κ2) is 31.5. The van der Waals surface area contributed by atoms with Gasteiger partial charge in [-0.05, 0) is 28.0 Å². The summed E-state index contributed by atoms with van der Waals surface area (Å²) in [5, 5.41) is -69.1. The van der Waals surface area contributed by atoms with Crippen molar-refractivity contribution in [3.8, 4) is 11.1 Å². The van der Waals surface area contributed by atoms with Crippen LogP contribution >= 0.6 is 0 Å². The summed E-state index contributed by atoms with van der Waals surface area (Å²) in [6, 6.07) is 0. The van der Waals surface area contributed by atoms with E-state index in [0.717, 1.165) is 0 Å². The van der Waals surface area contributed by atoms with Crippen molar-refractivity contribution in [1.82, 2.24) is 0 Å². The van der Waals surface area contributed by atoms with E-state index in [9.17, 15) is 70.2 Å². The van der Waals surface area contributed by atoms with E-state index in [4.69, 9.17) is 0 Å². The van der Waals surface area contributed by atoms with Gasteiger partial charge in [-0.3, -0.25) is 0 Å². The Balaban J connectivity index is 0.000000312. The molecule has 0 aliphatic rings. The van der Waals surface area contributed by atoms with Crippen molar-refractivity contribution in [2.45, 2.75) is 38.0 Å². The lowest BCUT2D eigenvalue weighted by Crippen LogP contribution is -2.79. The molecule has 0 spiro atoms. The standard InChI is InChI=1S/C64BF36.C15F16.C5H13N/c66-29-9-1-5-17(33(29)70)49(86)61(98)53(90)21(5)41(78)37(74)13(1)45(82)57(94)25(9)65(26-10-2-6-18(34(71)30(10)67)50(87)62(99)54(91)22(6)42(79)38(75)14(2)46(83)58(26)95,27-11-3-7-19(35(72)31(11)68)51(88)63(100)55(92)23(7)43(80)39(76)15(3)47(84)59(27)96)28-12-4-8-20(36(73)32(12)69)52(89)64(101)56(93)24(8)44(81)40(77)16(4)48(85)60(28)97;16-5-2(6(17)10(21)12(23)9(5)20)1-3(13(24,25)15(29,30)31)7(18)11(22)8(19)4(1)14(26,27)28;1-3-4-5-6-2/h;;6H,3-5H2,1-2H3/q-1;;/p+1. The van der Waals surface area contributed by atoms with E-state index in [0.29, 0.717) is 0 Å². The van der Waals surface area contributed by atoms with Crippen molar-refractivity contribution >= 4 is 157 Å². The summed E-state index contributed by atoms with van der Waals surface area (Å²) in [6.45, 7) is 3.50. The summed E-state index contributed by atoms with van der Waals surface area (Å²) in [5.41, 5.74) is -30.1. The van der Waals surface area contributed by atoms with Crippen LogP contribution in [-0.2, 0) is 12.1 Å². The van der Waals surface area contributed by atoms with E-state index in [1.165, 1.54) is 19.4 Å². The quantitative estimate of drug-likeness (QED) is 0.0370. The molecule has 0 atom stereocenters. The second-order valence-corrected chi connectivity index (χ2v) is 30.0. The smallest absolute Gasteiger partial charge is 0.349 e. The molecule has 18 aromatic rings. The van der Waals surface area contributed by atoms with Crippen molar-refractivity contribution in [3.05, 3.63) is 267 Å². The average Bonchev–Trinajstić information content (AvgIpc) is 0.644. The molecule has 0 fully saturated rings. The van der Waals surface area contributed by atoms with E-state index in [-0.39, 0.29) is 0 Å². The molecule has 0 amide bonds. The molecule has 0 heterocycles. The van der Waals surface area contributed by atoms with Gasteiger partial charge < -0.3 is 5.32 Å². The van der Waals surface area contributed by atoms with E-state index >= 15 is 158 Å². The molecule has 0 bridgehead atoms. The van der Waals surface area contributed by atoms with Crippen molar-refractivity contribution in [2.75, 3.05) is 13.6 Å². The third kappa shape index (κ3) is 11.9. The second-order valence-electron chi connectivity index (χ2n) is 30.0. The van der Waals surface area contributed by atoms with Gasteiger partial charge in [0.25, 0.3) is 0 Å². The molecule has 722 valence electrons. The van der Waals surface area contributed by atoms with Crippen LogP contribution in [-0.4, -0.2) is 25.9 Å². The first-order chi connectivity index (χ1) is 64.0. The predicted molar refractivity (Wildman–Crippen MR) is 377 cm³/mol. The van der Waals surface area contributed by atoms with Crippen LogP contribution in [0.15, 0.2) is 0 Å². The Hall–Kier alpha value is -13.5. The number of halogens is 52. The van der Waals surface area contributed by atoms with Crippen LogP contribution in [0.4, 0.5) is 228 Å². The summed E-state index contributed by atoms with van der Waals surface area (Å²) in [6.07, 6.45) is -19.5. The first kappa shape index (κ1) is 97.6. The van der Waals surface area contributed by atoms with Crippen LogP contribution in [0.3, 0.4) is 0 Å². The average molecular weight is 2040 g/mol. The maximum atomic E-state index is 19.3. The van der Waals surface area contributed by atoms with Crippen LogP contribution in [0.25, 0.3) is 140 Å². The molecule has 0 saturated carbocycles. The fourth-order valence-corrected chi connectivity index (χ4v) is 17.9.